The van der Waals surface area contributed by atoms with Crippen molar-refractivity contribution in [2.75, 3.05) is 0 Å². The highest BCUT2D eigenvalue weighted by molar-refractivity contribution is 5.50. The Balaban J connectivity index is 1.89. The molecule has 0 unspecified atom stereocenters. The summed E-state index contributed by atoms with van der Waals surface area (Å²) in [5, 5.41) is 10.7. The van der Waals surface area contributed by atoms with Gasteiger partial charge in [0.25, 0.3) is 0 Å². The van der Waals surface area contributed by atoms with Gasteiger partial charge in [-0.05, 0) is 78.9 Å². The zero-order chi connectivity index (χ0) is 19.4. The van der Waals surface area contributed by atoms with Crippen LogP contribution in [-0.2, 0) is 11.8 Å². The molecule has 2 aliphatic rings. The van der Waals surface area contributed by atoms with Gasteiger partial charge in [-0.2, -0.15) is 0 Å². The van der Waals surface area contributed by atoms with Gasteiger partial charge in [0.2, 0.25) is 0 Å². The summed E-state index contributed by atoms with van der Waals surface area (Å²) in [7, 11) is 0. The van der Waals surface area contributed by atoms with E-state index in [1.54, 1.807) is 0 Å². The molecule has 1 spiro atoms. The number of hydrogen-bond acceptors (Lipinski definition) is 2. The molecule has 1 aromatic carbocycles. The van der Waals surface area contributed by atoms with E-state index >= 15 is 0 Å². The second-order valence-corrected chi connectivity index (χ2v) is 11.5. The highest BCUT2D eigenvalue weighted by atomic mass is 16.5. The number of aromatic hydroxyl groups is 1. The first kappa shape index (κ1) is 19.6. The fourth-order valence-corrected chi connectivity index (χ4v) is 5.25. The molecule has 26 heavy (non-hydrogen) atoms. The monoisotopic (exact) mass is 358 g/mol. The summed E-state index contributed by atoms with van der Waals surface area (Å²) < 4.78 is 6.66. The number of rotatable bonds is 2. The van der Waals surface area contributed by atoms with Gasteiger partial charge in [0, 0.05) is 5.56 Å². The number of fused-ring (bicyclic) bond motifs is 1. The Morgan fingerprint density at radius 3 is 2.15 bits per heavy atom. The van der Waals surface area contributed by atoms with Crippen molar-refractivity contribution in [1.82, 2.24) is 0 Å². The molecule has 1 aromatic rings. The fraction of sp³-hybridized carbons (Fsp3) is 0.750. The maximum Gasteiger partial charge on any atom is 0.123 e. The van der Waals surface area contributed by atoms with Crippen molar-refractivity contribution in [3.05, 3.63) is 23.3 Å². The van der Waals surface area contributed by atoms with E-state index in [2.05, 4.69) is 54.5 Å². The lowest BCUT2D eigenvalue weighted by atomic mass is 9.68. The molecule has 146 valence electrons. The second-order valence-electron chi connectivity index (χ2n) is 11.5. The minimum Gasteiger partial charge on any atom is -0.508 e. The molecule has 2 nitrogen and oxygen atoms in total. The van der Waals surface area contributed by atoms with Gasteiger partial charge in [-0.25, -0.2) is 0 Å². The summed E-state index contributed by atoms with van der Waals surface area (Å²) in [4.78, 5) is 0. The lowest BCUT2D eigenvalue weighted by molar-refractivity contribution is -0.0190. The summed E-state index contributed by atoms with van der Waals surface area (Å²) in [6, 6.07) is 4.12. The first-order valence-electron chi connectivity index (χ1n) is 10.4. The molecule has 1 heterocycles. The van der Waals surface area contributed by atoms with Crippen LogP contribution in [0.5, 0.6) is 11.5 Å². The van der Waals surface area contributed by atoms with Crippen LogP contribution in [0.25, 0.3) is 0 Å². The van der Waals surface area contributed by atoms with E-state index < -0.39 is 0 Å². The van der Waals surface area contributed by atoms with Crippen LogP contribution in [0, 0.1) is 10.8 Å². The SMILES string of the molecule is CC(C)(C)CC(C)(C)c1cc2c(cc1O)CCC1(CCC(C)(C)CC1)O2. The molecule has 0 saturated heterocycles. The molecule has 1 aliphatic heterocycles. The van der Waals surface area contributed by atoms with E-state index in [-0.39, 0.29) is 16.4 Å². The van der Waals surface area contributed by atoms with Crippen molar-refractivity contribution in [2.24, 2.45) is 10.8 Å². The van der Waals surface area contributed by atoms with Gasteiger partial charge in [0.05, 0.1) is 0 Å². The fourth-order valence-electron chi connectivity index (χ4n) is 5.25. The number of benzene rings is 1. The molecule has 0 atom stereocenters. The lowest BCUT2D eigenvalue weighted by Crippen LogP contribution is -2.44. The molecular weight excluding hydrogens is 320 g/mol. The van der Waals surface area contributed by atoms with Crippen molar-refractivity contribution < 1.29 is 9.84 Å². The van der Waals surface area contributed by atoms with Crippen LogP contribution < -0.4 is 4.74 Å². The average molecular weight is 359 g/mol. The van der Waals surface area contributed by atoms with E-state index in [0.717, 1.165) is 43.4 Å². The molecule has 1 aliphatic carbocycles. The van der Waals surface area contributed by atoms with Crippen LogP contribution in [-0.4, -0.2) is 10.7 Å². The Labute approximate surface area is 160 Å². The quantitative estimate of drug-likeness (QED) is 0.632. The topological polar surface area (TPSA) is 29.5 Å². The second kappa shape index (κ2) is 6.17. The van der Waals surface area contributed by atoms with Crippen molar-refractivity contribution in [2.45, 2.75) is 104 Å². The normalized spacial score (nSPS) is 22.0. The van der Waals surface area contributed by atoms with Crippen molar-refractivity contribution in [1.29, 1.82) is 0 Å². The predicted octanol–water partition coefficient (Wildman–Crippen LogP) is 6.77. The number of aryl methyl sites for hydroxylation is 1. The molecule has 3 rings (SSSR count). The van der Waals surface area contributed by atoms with Gasteiger partial charge in [-0.1, -0.05) is 48.5 Å². The molecule has 1 fully saturated rings. The predicted molar refractivity (Wildman–Crippen MR) is 109 cm³/mol. The smallest absolute Gasteiger partial charge is 0.123 e. The third-order valence-corrected chi connectivity index (χ3v) is 6.57. The largest absolute Gasteiger partial charge is 0.508 e. The Morgan fingerprint density at radius 2 is 1.58 bits per heavy atom. The van der Waals surface area contributed by atoms with Crippen LogP contribution in [0.4, 0.5) is 0 Å². The third-order valence-electron chi connectivity index (χ3n) is 6.57. The van der Waals surface area contributed by atoms with Gasteiger partial charge in [-0.3, -0.25) is 0 Å². The zero-order valence-corrected chi connectivity index (χ0v) is 18.0. The van der Waals surface area contributed by atoms with Gasteiger partial charge in [-0.15, -0.1) is 0 Å². The Morgan fingerprint density at radius 1 is 0.962 bits per heavy atom. The van der Waals surface area contributed by atoms with Crippen LogP contribution >= 0.6 is 0 Å². The van der Waals surface area contributed by atoms with E-state index in [4.69, 9.17) is 4.74 Å². The summed E-state index contributed by atoms with van der Waals surface area (Å²) >= 11 is 0. The van der Waals surface area contributed by atoms with Crippen LogP contribution in [0.2, 0.25) is 0 Å². The van der Waals surface area contributed by atoms with Crippen LogP contribution in [0.3, 0.4) is 0 Å². The van der Waals surface area contributed by atoms with E-state index in [0.29, 0.717) is 11.2 Å². The van der Waals surface area contributed by atoms with Crippen molar-refractivity contribution in [3.8, 4) is 11.5 Å². The van der Waals surface area contributed by atoms with E-state index in [1.807, 2.05) is 6.07 Å². The van der Waals surface area contributed by atoms with Gasteiger partial charge >= 0.3 is 0 Å². The number of hydrogen-bond donors (Lipinski definition) is 1. The maximum atomic E-state index is 10.7. The molecule has 1 saturated carbocycles. The van der Waals surface area contributed by atoms with Gasteiger partial charge < -0.3 is 9.84 Å². The Hall–Kier alpha value is -1.18. The number of ether oxygens (including phenoxy) is 1. The Bertz CT molecular complexity index is 666. The zero-order valence-electron chi connectivity index (χ0n) is 18.0. The van der Waals surface area contributed by atoms with Gasteiger partial charge in [0.1, 0.15) is 17.1 Å². The standard InChI is InChI=1S/C24H38O2/c1-21(2,3)16-23(6,7)18-15-20-17(14-19(18)25)8-9-24(26-20)12-10-22(4,5)11-13-24/h14-15,25H,8-13,16H2,1-7H3. The molecule has 0 radical (unpaired) electrons. The first-order valence-corrected chi connectivity index (χ1v) is 10.4. The average Bonchev–Trinajstić information content (AvgIpc) is 2.48. The molecule has 0 amide bonds. The molecular formula is C24H38O2. The van der Waals surface area contributed by atoms with Crippen LogP contribution in [0.1, 0.15) is 98.1 Å². The molecule has 1 N–H and O–H groups in total. The Kier molecular flexibility index (Phi) is 4.65. The molecule has 0 bridgehead atoms. The van der Waals surface area contributed by atoms with E-state index in [9.17, 15) is 5.11 Å². The number of phenolic OH excluding ortho intramolecular Hbond substituents is 1. The minimum atomic E-state index is -0.0834. The summed E-state index contributed by atoms with van der Waals surface area (Å²) in [6.07, 6.45) is 7.91. The molecule has 0 aromatic heterocycles. The highest BCUT2D eigenvalue weighted by Crippen LogP contribution is 2.49. The molecule has 2 heteroatoms. The van der Waals surface area contributed by atoms with Crippen molar-refractivity contribution >= 4 is 0 Å². The van der Waals surface area contributed by atoms with Crippen molar-refractivity contribution in [3.63, 3.8) is 0 Å². The summed E-state index contributed by atoms with van der Waals surface area (Å²) in [5.74, 6) is 1.45. The van der Waals surface area contributed by atoms with Crippen LogP contribution in [0.15, 0.2) is 12.1 Å². The third kappa shape index (κ3) is 4.05. The lowest BCUT2D eigenvalue weighted by Gasteiger charge is -2.46. The van der Waals surface area contributed by atoms with E-state index in [1.165, 1.54) is 18.4 Å². The maximum absolute atomic E-state index is 10.7. The number of phenols is 1. The summed E-state index contributed by atoms with van der Waals surface area (Å²) in [5.41, 5.74) is 2.80. The highest BCUT2D eigenvalue weighted by Gasteiger charge is 2.43. The summed E-state index contributed by atoms with van der Waals surface area (Å²) in [6.45, 7) is 16.0. The van der Waals surface area contributed by atoms with Gasteiger partial charge in [0.15, 0.2) is 0 Å². The minimum absolute atomic E-state index is 0.0188. The first-order chi connectivity index (χ1) is 11.8.